The van der Waals surface area contributed by atoms with Gasteiger partial charge in [-0.05, 0) is 18.6 Å². The first-order valence-corrected chi connectivity index (χ1v) is 7.29. The van der Waals surface area contributed by atoms with Gasteiger partial charge in [-0.3, -0.25) is 9.59 Å². The molecule has 6 nitrogen and oxygen atoms in total. The third-order valence-corrected chi connectivity index (χ3v) is 4.16. The van der Waals surface area contributed by atoms with Crippen LogP contribution in [0.4, 0.5) is 5.82 Å². The number of aryl methyl sites for hydroxylation is 1. The van der Waals surface area contributed by atoms with E-state index in [1.165, 1.54) is 24.7 Å². The number of aromatic nitrogens is 2. The number of nitrogens with zero attached hydrogens (tertiary/aromatic N) is 4. The van der Waals surface area contributed by atoms with Gasteiger partial charge in [0.1, 0.15) is 11.6 Å². The highest BCUT2D eigenvalue weighted by Crippen LogP contribution is 2.34. The fourth-order valence-corrected chi connectivity index (χ4v) is 2.58. The minimum atomic E-state index is -0.537. The smallest absolute Gasteiger partial charge is 0.231 e. The molecule has 0 atom stereocenters. The minimum absolute atomic E-state index is 0.0364. The lowest BCUT2D eigenvalue weighted by molar-refractivity contribution is -0.124. The molecule has 0 saturated heterocycles. The van der Waals surface area contributed by atoms with Crippen LogP contribution < -0.4 is 4.90 Å². The molecular weight excluding hydrogens is 339 g/mol. The van der Waals surface area contributed by atoms with E-state index in [0.717, 1.165) is 10.5 Å². The molecule has 23 heavy (non-hydrogen) atoms. The van der Waals surface area contributed by atoms with Gasteiger partial charge in [0.25, 0.3) is 0 Å². The molecule has 0 radical (unpaired) electrons. The number of hydrogen-bond donors (Lipinski definition) is 0. The van der Waals surface area contributed by atoms with E-state index in [9.17, 15) is 14.9 Å². The van der Waals surface area contributed by atoms with Gasteiger partial charge in [-0.1, -0.05) is 29.3 Å². The summed E-state index contributed by atoms with van der Waals surface area (Å²) in [6.07, 6.45) is 1.26. The lowest BCUT2D eigenvalue weighted by Crippen LogP contribution is -2.35. The fourth-order valence-electron chi connectivity index (χ4n) is 2.13. The van der Waals surface area contributed by atoms with E-state index in [1.807, 2.05) is 6.07 Å². The Bertz CT molecular complexity index is 838. The molecule has 1 heterocycles. The highest BCUT2D eigenvalue weighted by Gasteiger charge is 2.26. The summed E-state index contributed by atoms with van der Waals surface area (Å²) in [5, 5.41) is 13.9. The van der Waals surface area contributed by atoms with Crippen LogP contribution >= 0.6 is 23.2 Å². The second kappa shape index (κ2) is 6.41. The maximum atomic E-state index is 11.8. The van der Waals surface area contributed by atoms with Crippen LogP contribution in [-0.4, -0.2) is 21.6 Å². The third-order valence-electron chi connectivity index (χ3n) is 3.19. The van der Waals surface area contributed by atoms with Gasteiger partial charge in [0.2, 0.25) is 11.8 Å². The molecule has 0 fully saturated rings. The van der Waals surface area contributed by atoms with Gasteiger partial charge in [-0.15, -0.1) is 0 Å². The lowest BCUT2D eigenvalue weighted by atomic mass is 10.2. The third kappa shape index (κ3) is 2.93. The van der Waals surface area contributed by atoms with E-state index in [2.05, 4.69) is 5.10 Å². The zero-order valence-corrected chi connectivity index (χ0v) is 14.1. The molecule has 0 saturated carbocycles. The van der Waals surface area contributed by atoms with Crippen LogP contribution in [0.2, 0.25) is 10.0 Å². The van der Waals surface area contributed by atoms with Crippen molar-refractivity contribution in [3.63, 3.8) is 0 Å². The van der Waals surface area contributed by atoms with Crippen molar-refractivity contribution in [3.05, 3.63) is 39.5 Å². The molecule has 2 rings (SSSR count). The molecule has 8 heteroatoms. The fraction of sp³-hybridized carbons (Fsp3) is 0.200. The molecule has 1 aromatic heterocycles. The monoisotopic (exact) mass is 350 g/mol. The van der Waals surface area contributed by atoms with Crippen LogP contribution in [0.3, 0.4) is 0 Å². The van der Waals surface area contributed by atoms with Crippen molar-refractivity contribution in [2.75, 3.05) is 4.90 Å². The topological polar surface area (TPSA) is 79.0 Å². The zero-order valence-electron chi connectivity index (χ0n) is 12.6. The quantitative estimate of drug-likeness (QED) is 0.832. The Morgan fingerprint density at radius 1 is 1.22 bits per heavy atom. The lowest BCUT2D eigenvalue weighted by Gasteiger charge is -2.20. The van der Waals surface area contributed by atoms with Gasteiger partial charge in [0, 0.05) is 13.8 Å². The molecule has 2 amide bonds. The number of imide groups is 1. The van der Waals surface area contributed by atoms with E-state index < -0.39 is 11.8 Å². The first-order valence-electron chi connectivity index (χ1n) is 6.54. The van der Waals surface area contributed by atoms with Gasteiger partial charge in [0.05, 0.1) is 21.9 Å². The van der Waals surface area contributed by atoms with Crippen molar-refractivity contribution in [2.24, 2.45) is 0 Å². The Morgan fingerprint density at radius 2 is 1.83 bits per heavy atom. The Morgan fingerprint density at radius 3 is 2.35 bits per heavy atom. The summed E-state index contributed by atoms with van der Waals surface area (Å²) >= 11 is 12.4. The average Bonchev–Trinajstić information content (AvgIpc) is 2.88. The zero-order chi connectivity index (χ0) is 17.3. The van der Waals surface area contributed by atoms with Crippen LogP contribution in [0.15, 0.2) is 18.3 Å². The molecule has 0 aliphatic heterocycles. The van der Waals surface area contributed by atoms with Gasteiger partial charge in [-0.2, -0.15) is 10.4 Å². The number of carbonyl (C=O) groups is 2. The van der Waals surface area contributed by atoms with Crippen LogP contribution in [0.1, 0.15) is 25.0 Å². The van der Waals surface area contributed by atoms with Crippen molar-refractivity contribution < 1.29 is 9.59 Å². The highest BCUT2D eigenvalue weighted by atomic mass is 35.5. The number of benzene rings is 1. The minimum Gasteiger partial charge on any atom is -0.274 e. The standard InChI is InChI=1S/C15H12Cl2N4O2/c1-8-4-5-12(14(17)13(8)16)21-15(11(6-18)7-19-21)20(9(2)22)10(3)23/h4-5,7H,1-3H3. The predicted octanol–water partition coefficient (Wildman–Crippen LogP) is 3.26. The Balaban J connectivity index is 2.79. The number of halogens is 2. The molecule has 0 aliphatic rings. The second-order valence-electron chi connectivity index (χ2n) is 4.81. The van der Waals surface area contributed by atoms with Crippen molar-refractivity contribution >= 4 is 40.8 Å². The number of hydrogen-bond acceptors (Lipinski definition) is 4. The van der Waals surface area contributed by atoms with E-state index in [1.54, 1.807) is 19.1 Å². The van der Waals surface area contributed by atoms with Crippen molar-refractivity contribution in [2.45, 2.75) is 20.8 Å². The summed E-state index contributed by atoms with van der Waals surface area (Å²) < 4.78 is 1.26. The molecule has 0 aliphatic carbocycles. The number of nitriles is 1. The normalized spacial score (nSPS) is 10.3. The summed E-state index contributed by atoms with van der Waals surface area (Å²) in [5.74, 6) is -1.04. The second-order valence-corrected chi connectivity index (χ2v) is 5.56. The largest absolute Gasteiger partial charge is 0.274 e. The van der Waals surface area contributed by atoms with E-state index in [0.29, 0.717) is 10.7 Å². The molecule has 118 valence electrons. The molecule has 0 unspecified atom stereocenters. The summed E-state index contributed by atoms with van der Waals surface area (Å²) in [7, 11) is 0. The summed E-state index contributed by atoms with van der Waals surface area (Å²) in [6, 6.07) is 5.30. The summed E-state index contributed by atoms with van der Waals surface area (Å²) in [6.45, 7) is 4.24. The summed E-state index contributed by atoms with van der Waals surface area (Å²) in [5.41, 5.74) is 1.21. The Hall–Kier alpha value is -2.36. The van der Waals surface area contributed by atoms with E-state index in [-0.39, 0.29) is 16.4 Å². The van der Waals surface area contributed by atoms with Crippen LogP contribution in [0.5, 0.6) is 0 Å². The molecule has 1 aromatic carbocycles. The first kappa shape index (κ1) is 17.0. The van der Waals surface area contributed by atoms with Gasteiger partial charge < -0.3 is 0 Å². The molecule has 0 spiro atoms. The Labute approximate surface area is 142 Å². The van der Waals surface area contributed by atoms with Crippen LogP contribution in [0, 0.1) is 18.3 Å². The first-order chi connectivity index (χ1) is 10.8. The van der Waals surface area contributed by atoms with E-state index >= 15 is 0 Å². The Kier molecular flexibility index (Phi) is 4.73. The maximum absolute atomic E-state index is 11.8. The van der Waals surface area contributed by atoms with Crippen molar-refractivity contribution in [1.29, 1.82) is 5.26 Å². The molecule has 0 bridgehead atoms. The average molecular weight is 351 g/mol. The number of carbonyl (C=O) groups excluding carboxylic acids is 2. The van der Waals surface area contributed by atoms with Crippen LogP contribution in [-0.2, 0) is 9.59 Å². The number of rotatable bonds is 2. The number of amides is 2. The van der Waals surface area contributed by atoms with Crippen molar-refractivity contribution in [1.82, 2.24) is 9.78 Å². The summed E-state index contributed by atoms with van der Waals surface area (Å²) in [4.78, 5) is 24.5. The van der Waals surface area contributed by atoms with Gasteiger partial charge in [-0.25, -0.2) is 9.58 Å². The number of anilines is 1. The van der Waals surface area contributed by atoms with Crippen LogP contribution in [0.25, 0.3) is 5.69 Å². The van der Waals surface area contributed by atoms with E-state index in [4.69, 9.17) is 23.2 Å². The van der Waals surface area contributed by atoms with Crippen molar-refractivity contribution in [3.8, 4) is 11.8 Å². The molecule has 2 aromatic rings. The molecular formula is C15H12Cl2N4O2. The highest BCUT2D eigenvalue weighted by molar-refractivity contribution is 6.43. The predicted molar refractivity (Wildman–Crippen MR) is 86.9 cm³/mol. The van der Waals surface area contributed by atoms with Gasteiger partial charge in [0.15, 0.2) is 5.82 Å². The molecule has 0 N–H and O–H groups in total. The maximum Gasteiger partial charge on any atom is 0.231 e. The SMILES string of the molecule is CC(=O)N(C(C)=O)c1c(C#N)cnn1-c1ccc(C)c(Cl)c1Cl. The van der Waals surface area contributed by atoms with Gasteiger partial charge >= 0.3 is 0 Å².